The Hall–Kier alpha value is -1.44. The van der Waals surface area contributed by atoms with Crippen molar-refractivity contribution < 1.29 is 23.1 Å². The SMILES string of the molecule is COC(=O)Cc1ccc(S(=O)(=O)N2CC(C)(O)C2)cc1. The van der Waals surface area contributed by atoms with Crippen molar-refractivity contribution in [1.29, 1.82) is 0 Å². The minimum absolute atomic E-state index is 0.0965. The molecule has 1 aromatic carbocycles. The molecule has 1 fully saturated rings. The molecule has 0 amide bonds. The fourth-order valence-electron chi connectivity index (χ4n) is 2.05. The van der Waals surface area contributed by atoms with Gasteiger partial charge in [-0.25, -0.2) is 8.42 Å². The molecule has 6 nitrogen and oxygen atoms in total. The number of nitrogens with zero attached hydrogens (tertiary/aromatic N) is 1. The van der Waals surface area contributed by atoms with Crippen molar-refractivity contribution in [3.8, 4) is 0 Å². The molecule has 7 heteroatoms. The summed E-state index contributed by atoms with van der Waals surface area (Å²) in [6, 6.07) is 6.09. The number of benzene rings is 1. The van der Waals surface area contributed by atoms with Gasteiger partial charge in [-0.1, -0.05) is 12.1 Å². The number of sulfonamides is 1. The number of hydrogen-bond acceptors (Lipinski definition) is 5. The number of hydrogen-bond donors (Lipinski definition) is 1. The zero-order valence-corrected chi connectivity index (χ0v) is 12.2. The molecule has 0 unspecified atom stereocenters. The van der Waals surface area contributed by atoms with Gasteiger partial charge < -0.3 is 9.84 Å². The van der Waals surface area contributed by atoms with Gasteiger partial charge in [-0.15, -0.1) is 0 Å². The zero-order chi connectivity index (χ0) is 15.0. The Balaban J connectivity index is 2.12. The van der Waals surface area contributed by atoms with Crippen molar-refractivity contribution in [2.24, 2.45) is 0 Å². The molecule has 1 saturated heterocycles. The maximum atomic E-state index is 12.2. The summed E-state index contributed by atoms with van der Waals surface area (Å²) in [5.74, 6) is -0.376. The van der Waals surface area contributed by atoms with Crippen LogP contribution in [0.5, 0.6) is 0 Å². The summed E-state index contributed by atoms with van der Waals surface area (Å²) in [5.41, 5.74) is -0.260. The van der Waals surface area contributed by atoms with Crippen LogP contribution in [0.3, 0.4) is 0 Å². The van der Waals surface area contributed by atoms with Gasteiger partial charge in [-0.2, -0.15) is 4.31 Å². The van der Waals surface area contributed by atoms with Gasteiger partial charge in [-0.05, 0) is 24.6 Å². The number of methoxy groups -OCH3 is 1. The third kappa shape index (κ3) is 3.00. The van der Waals surface area contributed by atoms with E-state index in [1.165, 1.54) is 23.5 Å². The lowest BCUT2D eigenvalue weighted by Crippen LogP contribution is -2.61. The van der Waals surface area contributed by atoms with Crippen molar-refractivity contribution in [2.45, 2.75) is 23.8 Å². The number of carbonyl (C=O) groups excluding carboxylic acids is 1. The minimum Gasteiger partial charge on any atom is -0.469 e. The summed E-state index contributed by atoms with van der Waals surface area (Å²) in [6.07, 6.45) is 0.106. The highest BCUT2D eigenvalue weighted by Crippen LogP contribution is 2.27. The molecule has 0 radical (unpaired) electrons. The van der Waals surface area contributed by atoms with E-state index in [1.54, 1.807) is 19.1 Å². The number of β-amino-alcohol motifs (C(OH)–C–C–N with tert-alkyl or cyclic N) is 1. The standard InChI is InChI=1S/C13H17NO5S/c1-13(16)8-14(9-13)20(17,18)11-5-3-10(4-6-11)7-12(15)19-2/h3-6,16H,7-9H2,1-2H3. The predicted octanol–water partition coefficient (Wildman–Crippen LogP) is 0.157. The van der Waals surface area contributed by atoms with Crippen molar-refractivity contribution in [3.63, 3.8) is 0 Å². The molecule has 0 aliphatic carbocycles. The Morgan fingerprint density at radius 2 is 1.90 bits per heavy atom. The molecule has 1 aromatic rings. The van der Waals surface area contributed by atoms with E-state index in [-0.39, 0.29) is 30.4 Å². The van der Waals surface area contributed by atoms with Gasteiger partial charge >= 0.3 is 5.97 Å². The first kappa shape index (κ1) is 15.0. The third-order valence-electron chi connectivity index (χ3n) is 3.17. The first-order valence-electron chi connectivity index (χ1n) is 6.13. The molecule has 1 aliphatic rings. The van der Waals surface area contributed by atoms with Crippen LogP contribution < -0.4 is 0 Å². The second-order valence-electron chi connectivity index (χ2n) is 5.17. The lowest BCUT2D eigenvalue weighted by Gasteiger charge is -2.42. The monoisotopic (exact) mass is 299 g/mol. The van der Waals surface area contributed by atoms with Crippen LogP contribution in [0.15, 0.2) is 29.2 Å². The summed E-state index contributed by atoms with van der Waals surface area (Å²) in [5, 5.41) is 9.61. The average molecular weight is 299 g/mol. The number of aliphatic hydroxyl groups is 1. The maximum Gasteiger partial charge on any atom is 0.309 e. The summed E-state index contributed by atoms with van der Waals surface area (Å²) < 4.78 is 30.2. The van der Waals surface area contributed by atoms with E-state index >= 15 is 0 Å². The van der Waals surface area contributed by atoms with Gasteiger partial charge in [0.1, 0.15) is 0 Å². The van der Waals surface area contributed by atoms with Crippen molar-refractivity contribution >= 4 is 16.0 Å². The van der Waals surface area contributed by atoms with E-state index < -0.39 is 15.6 Å². The highest BCUT2D eigenvalue weighted by Gasteiger charge is 2.43. The zero-order valence-electron chi connectivity index (χ0n) is 11.4. The lowest BCUT2D eigenvalue weighted by atomic mass is 10.0. The largest absolute Gasteiger partial charge is 0.469 e. The van der Waals surface area contributed by atoms with Gasteiger partial charge in [0.2, 0.25) is 10.0 Å². The molecule has 2 rings (SSSR count). The minimum atomic E-state index is -3.57. The Morgan fingerprint density at radius 1 is 1.35 bits per heavy atom. The Bertz CT molecular complexity index is 598. The highest BCUT2D eigenvalue weighted by atomic mass is 32.2. The summed E-state index contributed by atoms with van der Waals surface area (Å²) in [4.78, 5) is 11.3. The average Bonchev–Trinajstić information content (AvgIpc) is 2.36. The van der Waals surface area contributed by atoms with Crippen molar-refractivity contribution in [2.75, 3.05) is 20.2 Å². The molecule has 1 aliphatic heterocycles. The van der Waals surface area contributed by atoms with E-state index in [4.69, 9.17) is 0 Å². The van der Waals surface area contributed by atoms with E-state index in [1.807, 2.05) is 0 Å². The molecule has 0 saturated carbocycles. The van der Waals surface area contributed by atoms with E-state index in [2.05, 4.69) is 4.74 Å². The quantitative estimate of drug-likeness (QED) is 0.801. The van der Waals surface area contributed by atoms with Gasteiger partial charge in [0, 0.05) is 13.1 Å². The van der Waals surface area contributed by atoms with Crippen molar-refractivity contribution in [1.82, 2.24) is 4.31 Å². The highest BCUT2D eigenvalue weighted by molar-refractivity contribution is 7.89. The third-order valence-corrected chi connectivity index (χ3v) is 4.98. The van der Waals surface area contributed by atoms with Crippen LogP contribution in [0.25, 0.3) is 0 Å². The number of carbonyl (C=O) groups is 1. The van der Waals surface area contributed by atoms with Gasteiger partial charge in [0.25, 0.3) is 0 Å². The summed E-state index contributed by atoms with van der Waals surface area (Å²) in [7, 11) is -2.26. The molecule has 0 aromatic heterocycles. The molecule has 1 N–H and O–H groups in total. The fraction of sp³-hybridized carbons (Fsp3) is 0.462. The summed E-state index contributed by atoms with van der Waals surface area (Å²) >= 11 is 0. The fourth-order valence-corrected chi connectivity index (χ4v) is 3.72. The van der Waals surface area contributed by atoms with E-state index in [0.29, 0.717) is 5.56 Å². The predicted molar refractivity (Wildman–Crippen MR) is 71.5 cm³/mol. The first-order chi connectivity index (χ1) is 9.24. The first-order valence-corrected chi connectivity index (χ1v) is 7.57. The molecule has 110 valence electrons. The van der Waals surface area contributed by atoms with Crippen LogP contribution in [-0.4, -0.2) is 49.6 Å². The molecule has 0 spiro atoms. The number of rotatable bonds is 4. The van der Waals surface area contributed by atoms with Crippen LogP contribution >= 0.6 is 0 Å². The second kappa shape index (κ2) is 5.16. The number of esters is 1. The molecule has 20 heavy (non-hydrogen) atoms. The smallest absolute Gasteiger partial charge is 0.309 e. The number of ether oxygens (including phenoxy) is 1. The van der Waals surface area contributed by atoms with Crippen LogP contribution in [0.4, 0.5) is 0 Å². The second-order valence-corrected chi connectivity index (χ2v) is 7.10. The topological polar surface area (TPSA) is 83.9 Å². The Kier molecular flexibility index (Phi) is 3.86. The summed E-state index contributed by atoms with van der Waals surface area (Å²) in [6.45, 7) is 1.79. The van der Waals surface area contributed by atoms with Gasteiger partial charge in [0.05, 0.1) is 24.0 Å². The molecule has 0 bridgehead atoms. The van der Waals surface area contributed by atoms with Crippen LogP contribution in [0, 0.1) is 0 Å². The molecular formula is C13H17NO5S. The Morgan fingerprint density at radius 3 is 2.35 bits per heavy atom. The van der Waals surface area contributed by atoms with Crippen LogP contribution in [0.2, 0.25) is 0 Å². The van der Waals surface area contributed by atoms with Crippen molar-refractivity contribution in [3.05, 3.63) is 29.8 Å². The molecule has 0 atom stereocenters. The van der Waals surface area contributed by atoms with Crippen LogP contribution in [0.1, 0.15) is 12.5 Å². The molecule has 1 heterocycles. The van der Waals surface area contributed by atoms with E-state index in [9.17, 15) is 18.3 Å². The maximum absolute atomic E-state index is 12.2. The Labute approximate surface area is 118 Å². The molecular weight excluding hydrogens is 282 g/mol. The van der Waals surface area contributed by atoms with Gasteiger partial charge in [0.15, 0.2) is 0 Å². The van der Waals surface area contributed by atoms with Gasteiger partial charge in [-0.3, -0.25) is 4.79 Å². The lowest BCUT2D eigenvalue weighted by molar-refractivity contribution is -0.139. The van der Waals surface area contributed by atoms with E-state index in [0.717, 1.165) is 0 Å². The normalized spacial score (nSPS) is 18.4. The van der Waals surface area contributed by atoms with Crippen LogP contribution in [-0.2, 0) is 26.0 Å².